The van der Waals surface area contributed by atoms with Gasteiger partial charge >= 0.3 is 0 Å². The molecular weight excluding hydrogens is 436 g/mol. The van der Waals surface area contributed by atoms with E-state index in [-0.39, 0.29) is 24.3 Å². The zero-order chi connectivity index (χ0) is 22.6. The fourth-order valence-corrected chi connectivity index (χ4v) is 5.07. The van der Waals surface area contributed by atoms with E-state index in [1.807, 2.05) is 43.5 Å². The lowest BCUT2D eigenvalue weighted by Gasteiger charge is -2.29. The van der Waals surface area contributed by atoms with E-state index < -0.39 is 10.0 Å². The third-order valence-electron chi connectivity index (χ3n) is 5.02. The molecule has 168 valence electrons. The van der Waals surface area contributed by atoms with Crippen LogP contribution in [-0.2, 0) is 19.6 Å². The number of nitrogens with zero attached hydrogens (tertiary/aromatic N) is 2. The first-order valence-corrected chi connectivity index (χ1v) is 13.0. The van der Waals surface area contributed by atoms with Crippen molar-refractivity contribution in [3.05, 3.63) is 29.6 Å². The summed E-state index contributed by atoms with van der Waals surface area (Å²) in [7, 11) is -3.30. The normalized spacial score (nSPS) is 17.5. The highest BCUT2D eigenvalue weighted by molar-refractivity contribution is 7.88. The van der Waals surface area contributed by atoms with Crippen molar-refractivity contribution in [2.45, 2.75) is 33.1 Å². The maximum absolute atomic E-state index is 12.6. The molecule has 2 heterocycles. The van der Waals surface area contributed by atoms with Gasteiger partial charge in [0.25, 0.3) is 0 Å². The zero-order valence-corrected chi connectivity index (χ0v) is 19.6. The summed E-state index contributed by atoms with van der Waals surface area (Å²) in [4.78, 5) is 29.0. The van der Waals surface area contributed by atoms with Crippen LogP contribution in [-0.4, -0.2) is 48.9 Å². The first-order valence-electron chi connectivity index (χ1n) is 10.2. The minimum absolute atomic E-state index is 0.0152. The van der Waals surface area contributed by atoms with Gasteiger partial charge in [-0.1, -0.05) is 26.0 Å². The number of anilines is 2. The summed E-state index contributed by atoms with van der Waals surface area (Å²) >= 11 is 1.32. The van der Waals surface area contributed by atoms with E-state index in [2.05, 4.69) is 15.6 Å². The van der Waals surface area contributed by atoms with Crippen LogP contribution in [0.1, 0.15) is 33.1 Å². The summed E-state index contributed by atoms with van der Waals surface area (Å²) in [6.07, 6.45) is 2.95. The Kier molecular flexibility index (Phi) is 7.45. The van der Waals surface area contributed by atoms with Crippen molar-refractivity contribution in [3.63, 3.8) is 0 Å². The summed E-state index contributed by atoms with van der Waals surface area (Å²) < 4.78 is 24.9. The molecule has 8 nitrogen and oxygen atoms in total. The number of thiazole rings is 1. The predicted molar refractivity (Wildman–Crippen MR) is 123 cm³/mol. The maximum Gasteiger partial charge on any atom is 0.230 e. The Morgan fingerprint density at radius 2 is 1.94 bits per heavy atom. The lowest BCUT2D eigenvalue weighted by Crippen LogP contribution is -2.43. The second-order valence-corrected chi connectivity index (χ2v) is 11.1. The molecule has 1 aliphatic rings. The van der Waals surface area contributed by atoms with Crippen molar-refractivity contribution >= 4 is 44.0 Å². The van der Waals surface area contributed by atoms with E-state index >= 15 is 0 Å². The molecule has 0 saturated carbocycles. The Bertz CT molecular complexity index is 1030. The number of amides is 2. The van der Waals surface area contributed by atoms with Crippen molar-refractivity contribution < 1.29 is 18.0 Å². The van der Waals surface area contributed by atoms with E-state index in [0.29, 0.717) is 36.9 Å². The predicted octanol–water partition coefficient (Wildman–Crippen LogP) is 3.40. The van der Waals surface area contributed by atoms with Gasteiger partial charge in [0, 0.05) is 36.1 Å². The smallest absolute Gasteiger partial charge is 0.230 e. The van der Waals surface area contributed by atoms with Gasteiger partial charge in [-0.05, 0) is 30.9 Å². The fraction of sp³-hybridized carbons (Fsp3) is 0.476. The van der Waals surface area contributed by atoms with Crippen molar-refractivity contribution in [1.29, 1.82) is 0 Å². The van der Waals surface area contributed by atoms with Crippen LogP contribution in [0.4, 0.5) is 10.8 Å². The highest BCUT2D eigenvalue weighted by atomic mass is 32.2. The average Bonchev–Trinajstić information content (AvgIpc) is 3.16. The zero-order valence-electron chi connectivity index (χ0n) is 17.9. The molecule has 2 aromatic rings. The van der Waals surface area contributed by atoms with Crippen LogP contribution in [0.2, 0.25) is 0 Å². The van der Waals surface area contributed by atoms with Crippen LogP contribution in [0.25, 0.3) is 11.3 Å². The van der Waals surface area contributed by atoms with Crippen LogP contribution in [0.15, 0.2) is 29.6 Å². The Morgan fingerprint density at radius 1 is 1.23 bits per heavy atom. The van der Waals surface area contributed by atoms with Crippen molar-refractivity contribution in [3.8, 4) is 11.3 Å². The monoisotopic (exact) mass is 464 g/mol. The molecule has 31 heavy (non-hydrogen) atoms. The van der Waals surface area contributed by atoms with Gasteiger partial charge in [-0.15, -0.1) is 11.3 Å². The summed E-state index contributed by atoms with van der Waals surface area (Å²) in [6.45, 7) is 4.65. The Morgan fingerprint density at radius 3 is 2.58 bits per heavy atom. The molecule has 1 saturated heterocycles. The summed E-state index contributed by atoms with van der Waals surface area (Å²) in [5, 5.41) is 8.02. The number of sulfonamides is 1. The van der Waals surface area contributed by atoms with Crippen LogP contribution >= 0.6 is 11.3 Å². The van der Waals surface area contributed by atoms with Gasteiger partial charge in [-0.2, -0.15) is 0 Å². The first kappa shape index (κ1) is 23.4. The van der Waals surface area contributed by atoms with E-state index in [0.717, 1.165) is 16.9 Å². The summed E-state index contributed by atoms with van der Waals surface area (Å²) in [5.74, 6) is -0.313. The number of carbonyl (C=O) groups is 2. The third-order valence-corrected chi connectivity index (χ3v) is 7.04. The highest BCUT2D eigenvalue weighted by Gasteiger charge is 2.30. The second-order valence-electron chi connectivity index (χ2n) is 8.21. The summed E-state index contributed by atoms with van der Waals surface area (Å²) in [5.41, 5.74) is 2.33. The van der Waals surface area contributed by atoms with E-state index in [4.69, 9.17) is 0 Å². The quantitative estimate of drug-likeness (QED) is 0.653. The standard InChI is InChI=1S/C21H28N4O4S2/c1-14(2)11-19(26)22-17-8-6-15(7-9-17)18-13-30-21(23-18)24-20(27)16-5-4-10-25(12-16)31(3,28)29/h6-9,13-14,16H,4-5,10-12H2,1-3H3,(H,22,26)(H,23,24,27). The maximum atomic E-state index is 12.6. The molecule has 0 radical (unpaired) electrons. The molecule has 2 amide bonds. The number of carbonyl (C=O) groups excluding carboxylic acids is 2. The number of rotatable bonds is 7. The second kappa shape index (κ2) is 9.88. The van der Waals surface area contributed by atoms with Crippen LogP contribution < -0.4 is 10.6 Å². The number of piperidine rings is 1. The van der Waals surface area contributed by atoms with Gasteiger partial charge in [0.2, 0.25) is 21.8 Å². The minimum Gasteiger partial charge on any atom is -0.326 e. The van der Waals surface area contributed by atoms with Crippen LogP contribution in [0.5, 0.6) is 0 Å². The average molecular weight is 465 g/mol. The highest BCUT2D eigenvalue weighted by Crippen LogP contribution is 2.27. The van der Waals surface area contributed by atoms with Crippen LogP contribution in [0, 0.1) is 11.8 Å². The summed E-state index contributed by atoms with van der Waals surface area (Å²) in [6, 6.07) is 7.40. The molecule has 10 heteroatoms. The number of benzene rings is 1. The minimum atomic E-state index is -3.30. The number of nitrogens with one attached hydrogen (secondary N) is 2. The Balaban J connectivity index is 1.60. The van der Waals surface area contributed by atoms with Crippen molar-refractivity contribution in [2.75, 3.05) is 30.0 Å². The van der Waals surface area contributed by atoms with Crippen molar-refractivity contribution in [2.24, 2.45) is 11.8 Å². The lowest BCUT2D eigenvalue weighted by molar-refractivity contribution is -0.121. The molecule has 0 spiro atoms. The van der Waals surface area contributed by atoms with Gasteiger partial charge in [0.15, 0.2) is 5.13 Å². The lowest BCUT2D eigenvalue weighted by atomic mass is 9.99. The molecule has 1 unspecified atom stereocenters. The first-order chi connectivity index (χ1) is 14.6. The van der Waals surface area contributed by atoms with Crippen molar-refractivity contribution in [1.82, 2.24) is 9.29 Å². The molecular formula is C21H28N4O4S2. The topological polar surface area (TPSA) is 108 Å². The molecule has 1 aromatic carbocycles. The molecule has 0 aliphatic carbocycles. The molecule has 2 N–H and O–H groups in total. The number of aromatic nitrogens is 1. The number of hydrogen-bond donors (Lipinski definition) is 2. The molecule has 1 aromatic heterocycles. The molecule has 1 atom stereocenters. The van der Waals surface area contributed by atoms with Gasteiger partial charge in [-0.25, -0.2) is 17.7 Å². The van der Waals surface area contributed by atoms with Gasteiger partial charge in [0.1, 0.15) is 0 Å². The largest absolute Gasteiger partial charge is 0.326 e. The SMILES string of the molecule is CC(C)CC(=O)Nc1ccc(-c2csc(NC(=O)C3CCCN(S(C)(=O)=O)C3)n2)cc1. The fourth-order valence-electron chi connectivity index (χ4n) is 3.44. The molecule has 1 aliphatic heterocycles. The molecule has 3 rings (SSSR count). The third kappa shape index (κ3) is 6.59. The van der Waals surface area contributed by atoms with Crippen LogP contribution in [0.3, 0.4) is 0 Å². The molecule has 1 fully saturated rings. The Hall–Kier alpha value is -2.30. The Labute approximate surface area is 187 Å². The van der Waals surface area contributed by atoms with E-state index in [1.165, 1.54) is 21.9 Å². The number of hydrogen-bond acceptors (Lipinski definition) is 6. The van der Waals surface area contributed by atoms with E-state index in [1.54, 1.807) is 0 Å². The van der Waals surface area contributed by atoms with Gasteiger partial charge < -0.3 is 10.6 Å². The van der Waals surface area contributed by atoms with Gasteiger partial charge in [-0.3, -0.25) is 9.59 Å². The van der Waals surface area contributed by atoms with E-state index in [9.17, 15) is 18.0 Å². The molecule has 0 bridgehead atoms. The van der Waals surface area contributed by atoms with Gasteiger partial charge in [0.05, 0.1) is 17.9 Å².